The number of hydrogen-bond acceptors (Lipinski definition) is 4. The summed E-state index contributed by atoms with van der Waals surface area (Å²) >= 11 is 0. The van der Waals surface area contributed by atoms with Crippen molar-refractivity contribution in [3.63, 3.8) is 0 Å². The van der Waals surface area contributed by atoms with Crippen LogP contribution in [0.15, 0.2) is 53.7 Å². The van der Waals surface area contributed by atoms with E-state index in [4.69, 9.17) is 0 Å². The number of rotatable bonds is 5. The zero-order valence-electron chi connectivity index (χ0n) is 16.3. The summed E-state index contributed by atoms with van der Waals surface area (Å²) in [5.74, 6) is -0.542. The summed E-state index contributed by atoms with van der Waals surface area (Å²) in [5.41, 5.74) is -0.155. The van der Waals surface area contributed by atoms with Gasteiger partial charge in [0.1, 0.15) is 0 Å². The average molecular weight is 441 g/mol. The Morgan fingerprint density at radius 1 is 1.20 bits per heavy atom. The van der Waals surface area contributed by atoms with Gasteiger partial charge in [-0.3, -0.25) is 9.78 Å². The smallest absolute Gasteiger partial charge is 0.349 e. The second-order valence-corrected chi connectivity index (χ2v) is 9.16. The number of nitrogens with zero attached hydrogens (tertiary/aromatic N) is 2. The van der Waals surface area contributed by atoms with Crippen molar-refractivity contribution in [2.45, 2.75) is 36.9 Å². The molecule has 2 heterocycles. The van der Waals surface area contributed by atoms with Crippen LogP contribution in [0.3, 0.4) is 0 Å². The zero-order valence-corrected chi connectivity index (χ0v) is 17.1. The van der Waals surface area contributed by atoms with Crippen LogP contribution in [0.25, 0.3) is 0 Å². The predicted molar refractivity (Wildman–Crippen MR) is 104 cm³/mol. The number of amides is 1. The van der Waals surface area contributed by atoms with Crippen molar-refractivity contribution in [3.05, 3.63) is 59.9 Å². The first-order chi connectivity index (χ1) is 14.1. The summed E-state index contributed by atoms with van der Waals surface area (Å²) in [4.78, 5) is 16.2. The Balaban J connectivity index is 1.63. The second kappa shape index (κ2) is 8.73. The zero-order chi connectivity index (χ0) is 21.9. The van der Waals surface area contributed by atoms with E-state index in [1.54, 1.807) is 18.5 Å². The first-order valence-corrected chi connectivity index (χ1v) is 10.9. The van der Waals surface area contributed by atoms with E-state index in [2.05, 4.69) is 10.3 Å². The van der Waals surface area contributed by atoms with Crippen LogP contribution in [0.2, 0.25) is 0 Å². The molecule has 1 aliphatic heterocycles. The van der Waals surface area contributed by atoms with Gasteiger partial charge in [-0.1, -0.05) is 12.1 Å². The molecule has 1 saturated heterocycles. The van der Waals surface area contributed by atoms with Crippen LogP contribution in [0, 0.1) is 5.92 Å². The predicted octanol–water partition coefficient (Wildman–Crippen LogP) is 3.38. The van der Waals surface area contributed by atoms with Crippen molar-refractivity contribution in [1.82, 2.24) is 14.6 Å². The molecule has 0 spiro atoms. The lowest BCUT2D eigenvalue weighted by molar-refractivity contribution is -0.137. The highest BCUT2D eigenvalue weighted by molar-refractivity contribution is 7.89. The van der Waals surface area contributed by atoms with E-state index in [1.165, 1.54) is 0 Å². The van der Waals surface area contributed by atoms with Crippen molar-refractivity contribution in [2.75, 3.05) is 13.1 Å². The van der Waals surface area contributed by atoms with Gasteiger partial charge in [0.15, 0.2) is 0 Å². The molecule has 1 N–H and O–H groups in total. The van der Waals surface area contributed by atoms with Crippen molar-refractivity contribution < 1.29 is 26.4 Å². The molecule has 6 nitrogen and oxygen atoms in total. The number of piperidine rings is 1. The highest BCUT2D eigenvalue weighted by atomic mass is 32.2. The molecule has 1 aliphatic rings. The maximum Gasteiger partial charge on any atom is 0.416 e. The molecule has 10 heteroatoms. The summed E-state index contributed by atoms with van der Waals surface area (Å²) in [7, 11) is -4.07. The Morgan fingerprint density at radius 2 is 1.90 bits per heavy atom. The Hall–Kier alpha value is -2.46. The highest BCUT2D eigenvalue weighted by Crippen LogP contribution is 2.32. The summed E-state index contributed by atoms with van der Waals surface area (Å²) in [6, 6.07) is 7.09. The number of sulfonamides is 1. The molecule has 1 unspecified atom stereocenters. The van der Waals surface area contributed by atoms with Gasteiger partial charge >= 0.3 is 6.18 Å². The number of carbonyl (C=O) groups is 1. The largest absolute Gasteiger partial charge is 0.416 e. The topological polar surface area (TPSA) is 79.4 Å². The number of benzene rings is 1. The fraction of sp³-hybridized carbons (Fsp3) is 0.400. The van der Waals surface area contributed by atoms with Gasteiger partial charge < -0.3 is 5.32 Å². The molecule has 0 radical (unpaired) electrons. The van der Waals surface area contributed by atoms with Gasteiger partial charge in [0, 0.05) is 31.4 Å². The van der Waals surface area contributed by atoms with E-state index in [0.717, 1.165) is 28.1 Å². The third-order valence-corrected chi connectivity index (χ3v) is 7.06. The maximum atomic E-state index is 12.9. The van der Waals surface area contributed by atoms with E-state index >= 15 is 0 Å². The molecule has 162 valence electrons. The van der Waals surface area contributed by atoms with E-state index in [-0.39, 0.29) is 31.0 Å². The Labute approximate surface area is 173 Å². The minimum Gasteiger partial charge on any atom is -0.349 e. The minimum absolute atomic E-state index is 0.0674. The number of alkyl halides is 3. The number of carbonyl (C=O) groups excluding carboxylic acids is 1. The summed E-state index contributed by atoms with van der Waals surface area (Å²) < 4.78 is 65.4. The Kier molecular flexibility index (Phi) is 6.47. The molecule has 2 aromatic rings. The monoisotopic (exact) mass is 441 g/mol. The standard InChI is InChI=1S/C20H22F3N3O3S/c1-14(16-4-3-9-24-13-16)25-19(27)15-7-10-26(11-8-15)30(28,29)18-6-2-5-17(12-18)20(21,22)23/h2-6,9,12-15H,7-8,10-11H2,1H3,(H,25,27). The van der Waals surface area contributed by atoms with Crippen LogP contribution in [0.4, 0.5) is 13.2 Å². The van der Waals surface area contributed by atoms with Crippen molar-refractivity contribution in [1.29, 1.82) is 0 Å². The normalized spacial score (nSPS) is 17.5. The lowest BCUT2D eigenvalue weighted by atomic mass is 9.96. The van der Waals surface area contributed by atoms with Crippen LogP contribution in [-0.4, -0.2) is 36.7 Å². The highest BCUT2D eigenvalue weighted by Gasteiger charge is 2.35. The van der Waals surface area contributed by atoms with E-state index in [9.17, 15) is 26.4 Å². The lowest BCUT2D eigenvalue weighted by Crippen LogP contribution is -2.43. The third kappa shape index (κ3) is 4.99. The fourth-order valence-electron chi connectivity index (χ4n) is 3.39. The molecule has 1 fully saturated rings. The fourth-order valence-corrected chi connectivity index (χ4v) is 4.90. The summed E-state index contributed by atoms with van der Waals surface area (Å²) in [6.45, 7) is 1.97. The average Bonchev–Trinajstić information content (AvgIpc) is 2.74. The Morgan fingerprint density at radius 3 is 2.50 bits per heavy atom. The van der Waals surface area contributed by atoms with Crippen LogP contribution in [-0.2, 0) is 21.0 Å². The molecule has 1 aromatic heterocycles. The van der Waals surface area contributed by atoms with Crippen molar-refractivity contribution >= 4 is 15.9 Å². The summed E-state index contributed by atoms with van der Waals surface area (Å²) in [5, 5.41) is 2.90. The molecule has 0 aliphatic carbocycles. The van der Waals surface area contributed by atoms with Gasteiger partial charge in [0.25, 0.3) is 0 Å². The Bertz CT molecular complexity index is 989. The summed E-state index contributed by atoms with van der Waals surface area (Å²) in [6.07, 6.45) is -0.733. The van der Waals surface area contributed by atoms with Crippen LogP contribution in [0.1, 0.15) is 36.9 Å². The molecule has 30 heavy (non-hydrogen) atoms. The molecular weight excluding hydrogens is 419 g/mol. The van der Waals surface area contributed by atoms with E-state index in [1.807, 2.05) is 13.0 Å². The molecule has 0 bridgehead atoms. The van der Waals surface area contributed by atoms with Crippen LogP contribution in [0.5, 0.6) is 0 Å². The van der Waals surface area contributed by atoms with Gasteiger partial charge in [0.05, 0.1) is 16.5 Å². The lowest BCUT2D eigenvalue weighted by Gasteiger charge is -2.31. The molecule has 1 atom stereocenters. The minimum atomic E-state index is -4.62. The quantitative estimate of drug-likeness (QED) is 0.772. The number of halogens is 3. The first-order valence-electron chi connectivity index (χ1n) is 9.47. The molecule has 3 rings (SSSR count). The molecule has 1 amide bonds. The first kappa shape index (κ1) is 22.2. The number of pyridine rings is 1. The van der Waals surface area contributed by atoms with Gasteiger partial charge in [-0.15, -0.1) is 0 Å². The number of hydrogen-bond donors (Lipinski definition) is 1. The molecule has 0 saturated carbocycles. The maximum absolute atomic E-state index is 12.9. The van der Waals surface area contributed by atoms with Gasteiger partial charge in [-0.05, 0) is 49.6 Å². The number of aromatic nitrogens is 1. The SMILES string of the molecule is CC(NC(=O)C1CCN(S(=O)(=O)c2cccc(C(F)(F)F)c2)CC1)c1cccnc1. The van der Waals surface area contributed by atoms with Crippen molar-refractivity contribution in [2.24, 2.45) is 5.92 Å². The van der Waals surface area contributed by atoms with Gasteiger partial charge in [0.2, 0.25) is 15.9 Å². The van der Waals surface area contributed by atoms with Gasteiger partial charge in [-0.2, -0.15) is 17.5 Å². The van der Waals surface area contributed by atoms with Crippen LogP contribution < -0.4 is 5.32 Å². The van der Waals surface area contributed by atoms with E-state index < -0.39 is 26.7 Å². The second-order valence-electron chi connectivity index (χ2n) is 7.22. The third-order valence-electron chi connectivity index (χ3n) is 5.17. The molecular formula is C20H22F3N3O3S. The van der Waals surface area contributed by atoms with Crippen molar-refractivity contribution in [3.8, 4) is 0 Å². The van der Waals surface area contributed by atoms with Crippen LogP contribution >= 0.6 is 0 Å². The number of nitrogens with one attached hydrogen (secondary N) is 1. The van der Waals surface area contributed by atoms with Gasteiger partial charge in [-0.25, -0.2) is 8.42 Å². The molecule has 1 aromatic carbocycles. The van der Waals surface area contributed by atoms with E-state index in [0.29, 0.717) is 18.9 Å².